The van der Waals surface area contributed by atoms with Gasteiger partial charge in [-0.2, -0.15) is 5.10 Å². The first-order valence-electron chi connectivity index (χ1n) is 8.85. The van der Waals surface area contributed by atoms with Crippen LogP contribution in [0.4, 0.5) is 8.78 Å². The van der Waals surface area contributed by atoms with Crippen LogP contribution < -0.4 is 4.74 Å². The Morgan fingerprint density at radius 3 is 2.88 bits per heavy atom. The molecule has 1 aliphatic rings. The molecule has 0 bridgehead atoms. The first-order chi connectivity index (χ1) is 12.0. The van der Waals surface area contributed by atoms with Crippen LogP contribution in [-0.4, -0.2) is 41.3 Å². The van der Waals surface area contributed by atoms with Gasteiger partial charge in [-0.1, -0.05) is 13.8 Å². The van der Waals surface area contributed by atoms with E-state index in [1.165, 1.54) is 6.07 Å². The van der Waals surface area contributed by atoms with Gasteiger partial charge in [0.25, 0.3) is 0 Å². The molecule has 4 nitrogen and oxygen atoms in total. The van der Waals surface area contributed by atoms with E-state index in [9.17, 15) is 8.78 Å². The number of likely N-dealkylation sites (tertiary alicyclic amines) is 1. The fourth-order valence-electron chi connectivity index (χ4n) is 3.32. The van der Waals surface area contributed by atoms with Gasteiger partial charge < -0.3 is 9.64 Å². The van der Waals surface area contributed by atoms with Crippen molar-refractivity contribution in [1.29, 1.82) is 0 Å². The third-order valence-electron chi connectivity index (χ3n) is 4.50. The Morgan fingerprint density at radius 1 is 1.28 bits per heavy atom. The zero-order valence-corrected chi connectivity index (χ0v) is 14.8. The highest BCUT2D eigenvalue weighted by Crippen LogP contribution is 2.26. The summed E-state index contributed by atoms with van der Waals surface area (Å²) in [5, 5.41) is 7.51. The lowest BCUT2D eigenvalue weighted by atomic mass is 10.0. The van der Waals surface area contributed by atoms with E-state index in [-0.39, 0.29) is 0 Å². The van der Waals surface area contributed by atoms with Gasteiger partial charge in [0, 0.05) is 37.2 Å². The van der Waals surface area contributed by atoms with Crippen molar-refractivity contribution < 1.29 is 13.5 Å². The van der Waals surface area contributed by atoms with Crippen molar-refractivity contribution in [2.24, 2.45) is 5.92 Å². The lowest BCUT2D eigenvalue weighted by molar-refractivity contribution is 0.294. The molecule has 1 atom stereocenters. The van der Waals surface area contributed by atoms with Crippen molar-refractivity contribution in [2.75, 3.05) is 26.2 Å². The van der Waals surface area contributed by atoms with Gasteiger partial charge in [0.2, 0.25) is 0 Å². The van der Waals surface area contributed by atoms with E-state index in [0.717, 1.165) is 49.6 Å². The Labute approximate surface area is 147 Å². The molecule has 0 unspecified atom stereocenters. The minimum Gasteiger partial charge on any atom is -0.493 e. The second-order valence-corrected chi connectivity index (χ2v) is 7.13. The lowest BCUT2D eigenvalue weighted by Crippen LogP contribution is -2.24. The number of rotatable bonds is 7. The number of halogens is 2. The maximum atomic E-state index is 13.1. The minimum absolute atomic E-state index is 0.332. The van der Waals surface area contributed by atoms with Crippen LogP contribution in [0.3, 0.4) is 0 Å². The summed E-state index contributed by atoms with van der Waals surface area (Å²) in [6, 6.07) is 5.66. The number of H-pyrrole nitrogens is 1. The zero-order chi connectivity index (χ0) is 17.8. The molecule has 6 heteroatoms. The van der Waals surface area contributed by atoms with Gasteiger partial charge >= 0.3 is 0 Å². The summed E-state index contributed by atoms with van der Waals surface area (Å²) >= 11 is 0. The van der Waals surface area contributed by atoms with Gasteiger partial charge in [0.05, 0.1) is 12.3 Å². The van der Waals surface area contributed by atoms with Crippen LogP contribution in [0.2, 0.25) is 0 Å². The number of aromatic amines is 1. The first-order valence-corrected chi connectivity index (χ1v) is 8.85. The highest BCUT2D eigenvalue weighted by Gasteiger charge is 2.25. The van der Waals surface area contributed by atoms with E-state index in [1.807, 2.05) is 0 Å². The van der Waals surface area contributed by atoms with Gasteiger partial charge in [-0.05, 0) is 37.1 Å². The van der Waals surface area contributed by atoms with Crippen molar-refractivity contribution in [2.45, 2.75) is 32.6 Å². The Balaban J connectivity index is 1.48. The van der Waals surface area contributed by atoms with Crippen LogP contribution in [0.1, 0.15) is 37.6 Å². The maximum absolute atomic E-state index is 13.1. The average Bonchev–Trinajstić information content (AvgIpc) is 3.19. The molecule has 0 saturated carbocycles. The molecule has 1 aliphatic heterocycles. The molecule has 25 heavy (non-hydrogen) atoms. The van der Waals surface area contributed by atoms with E-state index in [1.54, 1.807) is 0 Å². The molecule has 1 aromatic carbocycles. The molecular formula is C19H25F2N3O. The quantitative estimate of drug-likeness (QED) is 0.828. The zero-order valence-electron chi connectivity index (χ0n) is 14.8. The molecule has 3 rings (SSSR count). The average molecular weight is 349 g/mol. The fourth-order valence-corrected chi connectivity index (χ4v) is 3.32. The number of ether oxygens (including phenoxy) is 1. The summed E-state index contributed by atoms with van der Waals surface area (Å²) in [5.74, 6) is -0.265. The van der Waals surface area contributed by atoms with E-state index in [2.05, 4.69) is 35.0 Å². The monoisotopic (exact) mass is 349 g/mol. The largest absolute Gasteiger partial charge is 0.493 e. The SMILES string of the molecule is CC(C)CN1CC[C@@H](c2cc(CCOc3ccc(F)c(F)c3)[nH]n2)C1. The van der Waals surface area contributed by atoms with Crippen molar-refractivity contribution in [3.05, 3.63) is 47.3 Å². The molecular weight excluding hydrogens is 324 g/mol. The summed E-state index contributed by atoms with van der Waals surface area (Å²) in [5.41, 5.74) is 2.11. The second kappa shape index (κ2) is 7.95. The summed E-state index contributed by atoms with van der Waals surface area (Å²) in [7, 11) is 0. The molecule has 1 saturated heterocycles. The summed E-state index contributed by atoms with van der Waals surface area (Å²) in [6.07, 6.45) is 1.79. The van der Waals surface area contributed by atoms with Crippen LogP contribution >= 0.6 is 0 Å². The van der Waals surface area contributed by atoms with Crippen LogP contribution in [0.15, 0.2) is 24.3 Å². The van der Waals surface area contributed by atoms with E-state index in [4.69, 9.17) is 4.74 Å². The molecule has 1 N–H and O–H groups in total. The third kappa shape index (κ3) is 4.78. The van der Waals surface area contributed by atoms with Gasteiger partial charge in [-0.15, -0.1) is 0 Å². The molecule has 0 aliphatic carbocycles. The minimum atomic E-state index is -0.895. The van der Waals surface area contributed by atoms with Crippen molar-refractivity contribution in [1.82, 2.24) is 15.1 Å². The van der Waals surface area contributed by atoms with Crippen LogP contribution in [0.25, 0.3) is 0 Å². The van der Waals surface area contributed by atoms with E-state index >= 15 is 0 Å². The van der Waals surface area contributed by atoms with E-state index in [0.29, 0.717) is 30.6 Å². The summed E-state index contributed by atoms with van der Waals surface area (Å²) < 4.78 is 31.5. The number of aromatic nitrogens is 2. The number of nitrogens with one attached hydrogen (secondary N) is 1. The molecule has 0 amide bonds. The number of benzene rings is 1. The van der Waals surface area contributed by atoms with Gasteiger partial charge in [-0.3, -0.25) is 5.10 Å². The molecule has 0 spiro atoms. The Kier molecular flexibility index (Phi) is 5.68. The van der Waals surface area contributed by atoms with Gasteiger partial charge in [-0.25, -0.2) is 8.78 Å². The third-order valence-corrected chi connectivity index (χ3v) is 4.50. The van der Waals surface area contributed by atoms with Crippen molar-refractivity contribution in [3.8, 4) is 5.75 Å². The maximum Gasteiger partial charge on any atom is 0.162 e. The van der Waals surface area contributed by atoms with Gasteiger partial charge in [0.1, 0.15) is 5.75 Å². The topological polar surface area (TPSA) is 41.1 Å². The molecule has 1 fully saturated rings. The molecule has 0 radical (unpaired) electrons. The number of nitrogens with zero attached hydrogens (tertiary/aromatic N) is 2. The standard InChI is InChI=1S/C19H25F2N3O/c1-13(2)11-24-7-5-14(12-24)19-9-15(22-23-19)6-8-25-16-3-4-17(20)18(21)10-16/h3-4,9-10,13-14H,5-8,11-12H2,1-2H3,(H,22,23)/t14-/m1/s1. The molecule has 1 aromatic heterocycles. The highest BCUT2D eigenvalue weighted by molar-refractivity contribution is 5.23. The summed E-state index contributed by atoms with van der Waals surface area (Å²) in [6.45, 7) is 8.20. The van der Waals surface area contributed by atoms with Crippen molar-refractivity contribution >= 4 is 0 Å². The molecule has 2 aromatic rings. The Bertz CT molecular complexity index is 702. The lowest BCUT2D eigenvalue weighted by Gasteiger charge is -2.17. The number of hydrogen-bond acceptors (Lipinski definition) is 3. The first kappa shape index (κ1) is 17.9. The fraction of sp³-hybridized carbons (Fsp3) is 0.526. The Morgan fingerprint density at radius 2 is 2.12 bits per heavy atom. The van der Waals surface area contributed by atoms with Crippen LogP contribution in [0, 0.1) is 17.6 Å². The van der Waals surface area contributed by atoms with Crippen LogP contribution in [-0.2, 0) is 6.42 Å². The van der Waals surface area contributed by atoms with Crippen molar-refractivity contribution in [3.63, 3.8) is 0 Å². The highest BCUT2D eigenvalue weighted by atomic mass is 19.2. The van der Waals surface area contributed by atoms with Gasteiger partial charge in [0.15, 0.2) is 11.6 Å². The summed E-state index contributed by atoms with van der Waals surface area (Å²) in [4.78, 5) is 2.50. The molecule has 2 heterocycles. The Hall–Kier alpha value is -1.95. The normalized spacial score (nSPS) is 18.2. The molecule has 136 valence electrons. The predicted molar refractivity (Wildman–Crippen MR) is 92.8 cm³/mol. The smallest absolute Gasteiger partial charge is 0.162 e. The van der Waals surface area contributed by atoms with E-state index < -0.39 is 11.6 Å². The number of hydrogen-bond donors (Lipinski definition) is 1. The predicted octanol–water partition coefficient (Wildman–Crippen LogP) is 3.75. The van der Waals surface area contributed by atoms with Crippen LogP contribution in [0.5, 0.6) is 5.75 Å². The second-order valence-electron chi connectivity index (χ2n) is 7.13.